The molecule has 2 amide bonds. The van der Waals surface area contributed by atoms with Gasteiger partial charge in [0.05, 0.1) is 11.3 Å². The van der Waals surface area contributed by atoms with Crippen LogP contribution in [0.5, 0.6) is 0 Å². The van der Waals surface area contributed by atoms with Gasteiger partial charge >= 0.3 is 0 Å². The first kappa shape index (κ1) is 19.8. The van der Waals surface area contributed by atoms with Crippen LogP contribution in [0.2, 0.25) is 0 Å². The van der Waals surface area contributed by atoms with Crippen molar-refractivity contribution in [2.75, 3.05) is 10.6 Å². The van der Waals surface area contributed by atoms with E-state index in [0.717, 1.165) is 5.56 Å². The number of carbonyl (C=O) groups excluding carboxylic acids is 2. The first-order chi connectivity index (χ1) is 14.0. The van der Waals surface area contributed by atoms with E-state index in [0.29, 0.717) is 16.9 Å². The van der Waals surface area contributed by atoms with Crippen molar-refractivity contribution in [1.29, 1.82) is 5.26 Å². The molecule has 0 bridgehead atoms. The maximum absolute atomic E-state index is 12.7. The van der Waals surface area contributed by atoms with Crippen molar-refractivity contribution >= 4 is 23.2 Å². The number of anilines is 2. The molecule has 2 aromatic carbocycles. The topological polar surface area (TPSA) is 94.9 Å². The van der Waals surface area contributed by atoms with E-state index in [1.165, 1.54) is 18.3 Å². The van der Waals surface area contributed by atoms with Crippen molar-refractivity contribution < 1.29 is 9.59 Å². The summed E-state index contributed by atoms with van der Waals surface area (Å²) >= 11 is 0. The molecule has 3 rings (SSSR count). The van der Waals surface area contributed by atoms with Crippen molar-refractivity contribution in [1.82, 2.24) is 4.98 Å². The normalized spacial score (nSPS) is 10.3. The molecule has 6 nitrogen and oxygen atoms in total. The minimum atomic E-state index is -0.424. The molecule has 1 heterocycles. The Balaban J connectivity index is 1.80. The summed E-state index contributed by atoms with van der Waals surface area (Å²) in [4.78, 5) is 29.3. The van der Waals surface area contributed by atoms with Gasteiger partial charge in [-0.25, -0.2) is 0 Å². The van der Waals surface area contributed by atoms with Crippen molar-refractivity contribution in [3.8, 4) is 6.07 Å². The zero-order valence-electron chi connectivity index (χ0n) is 16.1. The highest BCUT2D eigenvalue weighted by molar-refractivity contribution is 6.08. The van der Waals surface area contributed by atoms with Crippen LogP contribution in [0.1, 0.15) is 51.7 Å². The number of pyridine rings is 1. The number of nitriles is 1. The highest BCUT2D eigenvalue weighted by Gasteiger charge is 2.15. The average molecular weight is 384 g/mol. The number of nitrogens with one attached hydrogen (secondary N) is 2. The molecule has 1 aromatic heterocycles. The van der Waals surface area contributed by atoms with Crippen LogP contribution >= 0.6 is 0 Å². The van der Waals surface area contributed by atoms with E-state index in [1.807, 2.05) is 44.2 Å². The molecule has 0 radical (unpaired) electrons. The summed E-state index contributed by atoms with van der Waals surface area (Å²) < 4.78 is 0. The van der Waals surface area contributed by atoms with E-state index < -0.39 is 11.8 Å². The summed E-state index contributed by atoms with van der Waals surface area (Å²) in [6.07, 6.45) is 1.41. The molecule has 0 spiro atoms. The molecule has 3 aromatic rings. The minimum absolute atomic E-state index is 0.129. The van der Waals surface area contributed by atoms with Gasteiger partial charge in [0.15, 0.2) is 0 Å². The van der Waals surface area contributed by atoms with Gasteiger partial charge in [0.2, 0.25) is 0 Å². The van der Waals surface area contributed by atoms with Crippen LogP contribution in [0.15, 0.2) is 66.9 Å². The third-order valence-corrected chi connectivity index (χ3v) is 4.38. The first-order valence-corrected chi connectivity index (χ1v) is 9.16. The third kappa shape index (κ3) is 4.66. The SMILES string of the molecule is CC(C)c1ccccc1NC(=O)c1cc(C(=O)Nc2ccccc2C#N)ccn1. The summed E-state index contributed by atoms with van der Waals surface area (Å²) in [5.74, 6) is -0.575. The highest BCUT2D eigenvalue weighted by atomic mass is 16.2. The van der Waals surface area contributed by atoms with Gasteiger partial charge in [-0.2, -0.15) is 5.26 Å². The van der Waals surface area contributed by atoms with Gasteiger partial charge in [-0.05, 0) is 41.8 Å². The minimum Gasteiger partial charge on any atom is -0.321 e. The number of para-hydroxylation sites is 2. The van der Waals surface area contributed by atoms with E-state index in [9.17, 15) is 9.59 Å². The zero-order chi connectivity index (χ0) is 20.8. The van der Waals surface area contributed by atoms with Crippen LogP contribution in [0.4, 0.5) is 11.4 Å². The van der Waals surface area contributed by atoms with Gasteiger partial charge in [-0.3, -0.25) is 14.6 Å². The molecule has 0 aliphatic rings. The molecule has 0 unspecified atom stereocenters. The molecule has 0 aliphatic carbocycles. The Hall–Kier alpha value is -3.98. The second kappa shape index (κ2) is 8.81. The number of aromatic nitrogens is 1. The number of amides is 2. The molecular formula is C23H20N4O2. The number of nitrogens with zero attached hydrogens (tertiary/aromatic N) is 2. The van der Waals surface area contributed by atoms with Crippen LogP contribution in [-0.2, 0) is 0 Å². The van der Waals surface area contributed by atoms with Gasteiger partial charge in [0.1, 0.15) is 11.8 Å². The van der Waals surface area contributed by atoms with Gasteiger partial charge < -0.3 is 10.6 Å². The number of carbonyl (C=O) groups is 2. The fraction of sp³-hybridized carbons (Fsp3) is 0.130. The summed E-state index contributed by atoms with van der Waals surface area (Å²) in [5, 5.41) is 14.7. The molecule has 6 heteroatoms. The van der Waals surface area contributed by atoms with E-state index >= 15 is 0 Å². The second-order valence-corrected chi connectivity index (χ2v) is 6.74. The zero-order valence-corrected chi connectivity index (χ0v) is 16.1. The fourth-order valence-electron chi connectivity index (χ4n) is 2.88. The Morgan fingerprint density at radius 1 is 0.931 bits per heavy atom. The predicted octanol–water partition coefficient (Wildman–Crippen LogP) is 4.58. The Labute approximate surface area is 169 Å². The fourth-order valence-corrected chi connectivity index (χ4v) is 2.88. The molecule has 0 fully saturated rings. The van der Waals surface area contributed by atoms with Crippen molar-refractivity contribution in [2.45, 2.75) is 19.8 Å². The standard InChI is InChI=1S/C23H20N4O2/c1-15(2)18-8-4-6-10-20(18)27-23(29)21-13-16(11-12-25-21)22(28)26-19-9-5-3-7-17(19)14-24/h3-13,15H,1-2H3,(H,26,28)(H,27,29). The van der Waals surface area contributed by atoms with Crippen molar-refractivity contribution in [2.24, 2.45) is 0 Å². The quantitative estimate of drug-likeness (QED) is 0.673. The van der Waals surface area contributed by atoms with Gasteiger partial charge in [0.25, 0.3) is 11.8 Å². The number of benzene rings is 2. The van der Waals surface area contributed by atoms with Crippen LogP contribution in [0.3, 0.4) is 0 Å². The predicted molar refractivity (Wildman–Crippen MR) is 112 cm³/mol. The maximum Gasteiger partial charge on any atom is 0.274 e. The van der Waals surface area contributed by atoms with Crippen molar-refractivity contribution in [3.05, 3.63) is 89.2 Å². The summed E-state index contributed by atoms with van der Waals surface area (Å²) in [6.45, 7) is 4.10. The van der Waals surface area contributed by atoms with Crippen LogP contribution < -0.4 is 10.6 Å². The summed E-state index contributed by atoms with van der Waals surface area (Å²) in [7, 11) is 0. The molecule has 29 heavy (non-hydrogen) atoms. The lowest BCUT2D eigenvalue weighted by atomic mass is 10.0. The van der Waals surface area contributed by atoms with Gasteiger partial charge in [-0.1, -0.05) is 44.2 Å². The molecule has 144 valence electrons. The number of hydrogen-bond donors (Lipinski definition) is 2. The smallest absolute Gasteiger partial charge is 0.274 e. The van der Waals surface area contributed by atoms with E-state index in [1.54, 1.807) is 24.3 Å². The van der Waals surface area contributed by atoms with Crippen LogP contribution in [-0.4, -0.2) is 16.8 Å². The summed E-state index contributed by atoms with van der Waals surface area (Å²) in [5.41, 5.74) is 2.90. The molecule has 0 atom stereocenters. The Kier molecular flexibility index (Phi) is 6.00. The van der Waals surface area contributed by atoms with Gasteiger partial charge in [-0.15, -0.1) is 0 Å². The lowest BCUT2D eigenvalue weighted by molar-refractivity contribution is 0.102. The van der Waals surface area contributed by atoms with E-state index in [2.05, 4.69) is 15.6 Å². The molecule has 2 N–H and O–H groups in total. The summed E-state index contributed by atoms with van der Waals surface area (Å²) in [6, 6.07) is 19.3. The van der Waals surface area contributed by atoms with Crippen LogP contribution in [0.25, 0.3) is 0 Å². The van der Waals surface area contributed by atoms with E-state index in [-0.39, 0.29) is 17.2 Å². The first-order valence-electron chi connectivity index (χ1n) is 9.16. The number of hydrogen-bond acceptors (Lipinski definition) is 4. The van der Waals surface area contributed by atoms with Gasteiger partial charge in [0, 0.05) is 17.4 Å². The van der Waals surface area contributed by atoms with Crippen LogP contribution in [0, 0.1) is 11.3 Å². The number of rotatable bonds is 5. The van der Waals surface area contributed by atoms with Crippen molar-refractivity contribution in [3.63, 3.8) is 0 Å². The Morgan fingerprint density at radius 3 is 2.31 bits per heavy atom. The molecule has 0 aliphatic heterocycles. The highest BCUT2D eigenvalue weighted by Crippen LogP contribution is 2.24. The third-order valence-electron chi connectivity index (χ3n) is 4.38. The maximum atomic E-state index is 12.7. The molecular weight excluding hydrogens is 364 g/mol. The Bertz CT molecular complexity index is 1100. The second-order valence-electron chi connectivity index (χ2n) is 6.74. The largest absolute Gasteiger partial charge is 0.321 e. The van der Waals surface area contributed by atoms with E-state index in [4.69, 9.17) is 5.26 Å². The molecule has 0 saturated heterocycles. The Morgan fingerprint density at radius 2 is 1.59 bits per heavy atom. The average Bonchev–Trinajstić information content (AvgIpc) is 2.74. The lowest BCUT2D eigenvalue weighted by Gasteiger charge is -2.13. The lowest BCUT2D eigenvalue weighted by Crippen LogP contribution is -2.18. The monoisotopic (exact) mass is 384 g/mol. The molecule has 0 saturated carbocycles.